The second kappa shape index (κ2) is 8.49. The maximum Gasteiger partial charge on any atom is 0.251 e. The summed E-state index contributed by atoms with van der Waals surface area (Å²) >= 11 is 6.00. The Hall–Kier alpha value is -2.14. The van der Waals surface area contributed by atoms with Crippen LogP contribution in [-0.2, 0) is 11.2 Å². The molecule has 0 aliphatic heterocycles. The zero-order valence-electron chi connectivity index (χ0n) is 14.9. The van der Waals surface area contributed by atoms with Crippen molar-refractivity contribution in [3.05, 3.63) is 62.8 Å². The highest BCUT2D eigenvalue weighted by Gasteiger charge is 2.24. The van der Waals surface area contributed by atoms with Crippen LogP contribution in [0, 0.1) is 12.8 Å². The van der Waals surface area contributed by atoms with Gasteiger partial charge in [-0.25, -0.2) is 4.98 Å². The number of carbonyl (C=O) groups is 1. The predicted molar refractivity (Wildman–Crippen MR) is 102 cm³/mol. The van der Waals surface area contributed by atoms with Gasteiger partial charge in [0.1, 0.15) is 5.82 Å². The van der Waals surface area contributed by atoms with E-state index >= 15 is 0 Å². The molecular weight excluding hydrogens is 350 g/mol. The first-order chi connectivity index (χ1) is 12.5. The lowest BCUT2D eigenvalue weighted by atomic mass is 9.88. The van der Waals surface area contributed by atoms with Crippen LogP contribution < -0.4 is 10.9 Å². The standard InChI is InChI=1S/C20H24ClN3O2/c1-13-22-17(12-19(25)23-13)11-18(14-7-9-16(21)10-8-14)24-20(26)15-5-3-2-4-6-15/h7-10,12,15,18H,2-6,11H2,1H3,(H,24,26)(H,22,23,25)/t18-/m1/s1. The van der Waals surface area contributed by atoms with Gasteiger partial charge < -0.3 is 10.3 Å². The van der Waals surface area contributed by atoms with Crippen LogP contribution in [0.5, 0.6) is 0 Å². The minimum atomic E-state index is -0.240. The van der Waals surface area contributed by atoms with Gasteiger partial charge in [-0.05, 0) is 37.5 Å². The van der Waals surface area contributed by atoms with Crippen LogP contribution in [0.2, 0.25) is 5.02 Å². The smallest absolute Gasteiger partial charge is 0.251 e. The maximum absolute atomic E-state index is 12.7. The molecule has 0 unspecified atom stereocenters. The number of benzene rings is 1. The Bertz CT molecular complexity index is 811. The van der Waals surface area contributed by atoms with E-state index in [9.17, 15) is 9.59 Å². The van der Waals surface area contributed by atoms with Crippen molar-refractivity contribution in [2.45, 2.75) is 51.5 Å². The third-order valence-corrected chi connectivity index (χ3v) is 5.14. The number of H-pyrrole nitrogens is 1. The van der Waals surface area contributed by atoms with Crippen LogP contribution in [0.15, 0.2) is 35.1 Å². The van der Waals surface area contributed by atoms with E-state index in [1.807, 2.05) is 24.3 Å². The van der Waals surface area contributed by atoms with Crippen molar-refractivity contribution in [2.75, 3.05) is 0 Å². The summed E-state index contributed by atoms with van der Waals surface area (Å²) in [5.74, 6) is 0.736. The van der Waals surface area contributed by atoms with E-state index < -0.39 is 0 Å². The summed E-state index contributed by atoms with van der Waals surface area (Å²) in [4.78, 5) is 31.5. The lowest BCUT2D eigenvalue weighted by Crippen LogP contribution is -2.36. The summed E-state index contributed by atoms with van der Waals surface area (Å²) in [6.45, 7) is 1.75. The van der Waals surface area contributed by atoms with Crippen LogP contribution >= 0.6 is 11.6 Å². The van der Waals surface area contributed by atoms with Crippen LogP contribution in [0.1, 0.15) is 55.2 Å². The summed E-state index contributed by atoms with van der Waals surface area (Å²) in [5, 5.41) is 3.82. The summed E-state index contributed by atoms with van der Waals surface area (Å²) in [7, 11) is 0. The van der Waals surface area contributed by atoms with Crippen molar-refractivity contribution >= 4 is 17.5 Å². The molecule has 5 nitrogen and oxygen atoms in total. The van der Waals surface area contributed by atoms with Crippen LogP contribution in [0.4, 0.5) is 0 Å². The zero-order valence-corrected chi connectivity index (χ0v) is 15.7. The number of carbonyl (C=O) groups excluding carboxylic acids is 1. The van der Waals surface area contributed by atoms with Crippen LogP contribution in [0.25, 0.3) is 0 Å². The number of amides is 1. The number of aromatic nitrogens is 2. The van der Waals surface area contributed by atoms with Crippen LogP contribution in [0.3, 0.4) is 0 Å². The van der Waals surface area contributed by atoms with Crippen molar-refractivity contribution in [2.24, 2.45) is 5.92 Å². The molecule has 1 saturated carbocycles. The van der Waals surface area contributed by atoms with E-state index in [1.165, 1.54) is 12.5 Å². The minimum absolute atomic E-state index is 0.0763. The molecule has 0 spiro atoms. The Morgan fingerprint density at radius 1 is 1.27 bits per heavy atom. The highest BCUT2D eigenvalue weighted by molar-refractivity contribution is 6.30. The van der Waals surface area contributed by atoms with Crippen LogP contribution in [-0.4, -0.2) is 15.9 Å². The lowest BCUT2D eigenvalue weighted by molar-refractivity contribution is -0.126. The van der Waals surface area contributed by atoms with Gasteiger partial charge in [-0.3, -0.25) is 9.59 Å². The molecule has 1 amide bonds. The highest BCUT2D eigenvalue weighted by atomic mass is 35.5. The fourth-order valence-electron chi connectivity index (χ4n) is 3.56. The van der Waals surface area contributed by atoms with E-state index in [2.05, 4.69) is 15.3 Å². The number of halogens is 1. The van der Waals surface area contributed by atoms with Gasteiger partial charge in [0.15, 0.2) is 0 Å². The third-order valence-electron chi connectivity index (χ3n) is 4.89. The zero-order chi connectivity index (χ0) is 18.5. The summed E-state index contributed by atoms with van der Waals surface area (Å²) in [6.07, 6.45) is 5.78. The Balaban J connectivity index is 1.82. The van der Waals surface area contributed by atoms with E-state index in [-0.39, 0.29) is 23.4 Å². The molecule has 2 aromatic rings. The van der Waals surface area contributed by atoms with Gasteiger partial charge in [0, 0.05) is 23.4 Å². The monoisotopic (exact) mass is 373 g/mol. The number of aromatic amines is 1. The number of hydrogen-bond acceptors (Lipinski definition) is 3. The number of aryl methyl sites for hydroxylation is 1. The van der Waals surface area contributed by atoms with Crippen molar-refractivity contribution < 1.29 is 4.79 Å². The SMILES string of the molecule is Cc1nc(C[C@@H](NC(=O)C2CCCCC2)c2ccc(Cl)cc2)cc(=O)[nH]1. The molecule has 138 valence electrons. The van der Waals surface area contributed by atoms with Gasteiger partial charge in [0.25, 0.3) is 5.56 Å². The van der Waals surface area contributed by atoms with Gasteiger partial charge in [0.2, 0.25) is 5.91 Å². The second-order valence-corrected chi connectivity index (χ2v) is 7.41. The molecule has 26 heavy (non-hydrogen) atoms. The largest absolute Gasteiger partial charge is 0.349 e. The van der Waals surface area contributed by atoms with E-state index in [1.54, 1.807) is 6.92 Å². The second-order valence-electron chi connectivity index (χ2n) is 6.97. The van der Waals surface area contributed by atoms with Gasteiger partial charge in [-0.1, -0.05) is 43.0 Å². The van der Waals surface area contributed by atoms with Gasteiger partial charge >= 0.3 is 0 Å². The Morgan fingerprint density at radius 2 is 1.96 bits per heavy atom. The Morgan fingerprint density at radius 3 is 2.62 bits per heavy atom. The average molecular weight is 374 g/mol. The van der Waals surface area contributed by atoms with Crippen molar-refractivity contribution in [3.63, 3.8) is 0 Å². The quantitative estimate of drug-likeness (QED) is 0.838. The van der Waals surface area contributed by atoms with Crippen molar-refractivity contribution in [3.8, 4) is 0 Å². The molecule has 1 atom stereocenters. The minimum Gasteiger partial charge on any atom is -0.349 e. The molecule has 1 aliphatic rings. The van der Waals surface area contributed by atoms with E-state index in [4.69, 9.17) is 11.6 Å². The van der Waals surface area contributed by atoms with Gasteiger partial charge in [0.05, 0.1) is 11.7 Å². The predicted octanol–water partition coefficient (Wildman–Crippen LogP) is 3.71. The molecule has 1 fully saturated rings. The fourth-order valence-corrected chi connectivity index (χ4v) is 3.68. The molecule has 1 aromatic heterocycles. The fraction of sp³-hybridized carbons (Fsp3) is 0.450. The number of nitrogens with zero attached hydrogens (tertiary/aromatic N) is 1. The number of rotatable bonds is 5. The van der Waals surface area contributed by atoms with Gasteiger partial charge in [-0.2, -0.15) is 0 Å². The first kappa shape index (κ1) is 18.6. The third kappa shape index (κ3) is 4.94. The number of hydrogen-bond donors (Lipinski definition) is 2. The first-order valence-electron chi connectivity index (χ1n) is 9.14. The molecule has 2 N–H and O–H groups in total. The molecule has 1 aliphatic carbocycles. The Labute approximate surface area is 158 Å². The van der Waals surface area contributed by atoms with Crippen molar-refractivity contribution in [1.82, 2.24) is 15.3 Å². The molecular formula is C20H24ClN3O2. The highest BCUT2D eigenvalue weighted by Crippen LogP contribution is 2.26. The summed E-state index contributed by atoms with van der Waals surface area (Å²) in [5.41, 5.74) is 1.44. The molecule has 0 saturated heterocycles. The van der Waals surface area contributed by atoms with Crippen molar-refractivity contribution in [1.29, 1.82) is 0 Å². The topological polar surface area (TPSA) is 74.8 Å². The van der Waals surface area contributed by atoms with E-state index in [0.717, 1.165) is 31.2 Å². The molecule has 0 radical (unpaired) electrons. The van der Waals surface area contributed by atoms with Gasteiger partial charge in [-0.15, -0.1) is 0 Å². The Kier molecular flexibility index (Phi) is 6.09. The average Bonchev–Trinajstić information content (AvgIpc) is 2.61. The molecule has 0 bridgehead atoms. The molecule has 1 heterocycles. The summed E-state index contributed by atoms with van der Waals surface area (Å²) in [6, 6.07) is 8.70. The lowest BCUT2D eigenvalue weighted by Gasteiger charge is -2.25. The normalized spacial score (nSPS) is 16.2. The number of nitrogens with one attached hydrogen (secondary N) is 2. The summed E-state index contributed by atoms with van der Waals surface area (Å²) < 4.78 is 0. The van der Waals surface area contributed by atoms with E-state index in [0.29, 0.717) is 23.0 Å². The first-order valence-corrected chi connectivity index (χ1v) is 9.52. The molecule has 1 aromatic carbocycles. The molecule has 3 rings (SSSR count). The molecule has 6 heteroatoms. The maximum atomic E-state index is 12.7.